The van der Waals surface area contributed by atoms with Crippen LogP contribution in [0.4, 0.5) is 4.39 Å². The molecule has 1 aromatic carbocycles. The smallest absolute Gasteiger partial charge is 0.174 e. The van der Waals surface area contributed by atoms with Crippen molar-refractivity contribution >= 4 is 23.1 Å². The monoisotopic (exact) mass is 240 g/mol. The first-order valence-corrected chi connectivity index (χ1v) is 6.43. The highest BCUT2D eigenvalue weighted by atomic mass is 32.2. The van der Waals surface area contributed by atoms with Gasteiger partial charge < -0.3 is 0 Å². The Bertz CT molecular complexity index is 456. The van der Waals surface area contributed by atoms with Crippen molar-refractivity contribution in [3.05, 3.63) is 40.7 Å². The summed E-state index contributed by atoms with van der Waals surface area (Å²) < 4.78 is 14.2. The lowest BCUT2D eigenvalue weighted by Crippen LogP contribution is -1.91. The Morgan fingerprint density at radius 2 is 2.13 bits per heavy atom. The van der Waals surface area contributed by atoms with Crippen molar-refractivity contribution < 1.29 is 4.39 Å². The summed E-state index contributed by atoms with van der Waals surface area (Å²) in [4.78, 5) is 0. The van der Waals surface area contributed by atoms with Crippen molar-refractivity contribution in [2.45, 2.75) is 10.8 Å². The van der Waals surface area contributed by atoms with Gasteiger partial charge in [0.15, 0.2) is 4.34 Å². The van der Waals surface area contributed by atoms with E-state index in [-0.39, 0.29) is 5.82 Å². The molecule has 0 unspecified atom stereocenters. The molecule has 15 heavy (non-hydrogen) atoms. The van der Waals surface area contributed by atoms with Crippen molar-refractivity contribution in [1.29, 1.82) is 0 Å². The molecule has 0 amide bonds. The zero-order valence-electron chi connectivity index (χ0n) is 8.11. The van der Waals surface area contributed by atoms with Gasteiger partial charge in [-0.25, -0.2) is 4.39 Å². The van der Waals surface area contributed by atoms with E-state index in [0.717, 1.165) is 9.35 Å². The van der Waals surface area contributed by atoms with Gasteiger partial charge in [-0.1, -0.05) is 41.3 Å². The van der Waals surface area contributed by atoms with Gasteiger partial charge in [-0.05, 0) is 17.9 Å². The normalized spacial score (nSPS) is 10.5. The van der Waals surface area contributed by atoms with Crippen LogP contribution in [-0.4, -0.2) is 16.5 Å². The highest BCUT2D eigenvalue weighted by molar-refractivity contribution is 8.00. The van der Waals surface area contributed by atoms with Crippen LogP contribution < -0.4 is 0 Å². The van der Waals surface area contributed by atoms with Crippen LogP contribution in [0.2, 0.25) is 0 Å². The van der Waals surface area contributed by atoms with Crippen molar-refractivity contribution in [3.63, 3.8) is 0 Å². The van der Waals surface area contributed by atoms with Crippen LogP contribution >= 0.6 is 23.1 Å². The second kappa shape index (κ2) is 4.72. The molecule has 0 radical (unpaired) electrons. The summed E-state index contributed by atoms with van der Waals surface area (Å²) in [7, 11) is 0. The van der Waals surface area contributed by atoms with Crippen molar-refractivity contribution in [2.24, 2.45) is 0 Å². The Balaban J connectivity index is 2.18. The first kappa shape index (κ1) is 10.6. The number of hydrogen-bond donors (Lipinski definition) is 0. The molecule has 1 aromatic heterocycles. The standard InChI is InChI=1S/C10H9FN2S2/c1-14-10-13-12-9(15-10)6-7-4-2-3-5-8(7)11/h2-5H,6H2,1H3. The molecule has 0 bridgehead atoms. The van der Waals surface area contributed by atoms with Crippen LogP contribution in [0.15, 0.2) is 28.6 Å². The molecular weight excluding hydrogens is 231 g/mol. The molecule has 0 aliphatic heterocycles. The fourth-order valence-corrected chi connectivity index (χ4v) is 2.53. The molecule has 0 atom stereocenters. The molecule has 78 valence electrons. The summed E-state index contributed by atoms with van der Waals surface area (Å²) >= 11 is 3.07. The fourth-order valence-electron chi connectivity index (χ4n) is 1.20. The van der Waals surface area contributed by atoms with E-state index in [2.05, 4.69) is 10.2 Å². The molecule has 0 aliphatic carbocycles. The molecule has 0 saturated carbocycles. The number of aromatic nitrogens is 2. The third-order valence-corrected chi connectivity index (χ3v) is 3.82. The third kappa shape index (κ3) is 2.54. The average Bonchev–Trinajstić information content (AvgIpc) is 2.69. The zero-order valence-corrected chi connectivity index (χ0v) is 9.74. The Morgan fingerprint density at radius 1 is 1.33 bits per heavy atom. The highest BCUT2D eigenvalue weighted by Crippen LogP contribution is 2.22. The van der Waals surface area contributed by atoms with Gasteiger partial charge in [-0.2, -0.15) is 0 Å². The first-order valence-electron chi connectivity index (χ1n) is 4.39. The Kier molecular flexibility index (Phi) is 3.33. The Hall–Kier alpha value is -0.940. The topological polar surface area (TPSA) is 25.8 Å². The van der Waals surface area contributed by atoms with E-state index in [1.807, 2.05) is 12.3 Å². The number of rotatable bonds is 3. The third-order valence-electron chi connectivity index (χ3n) is 1.92. The predicted molar refractivity (Wildman–Crippen MR) is 60.9 cm³/mol. The maximum absolute atomic E-state index is 13.3. The van der Waals surface area contributed by atoms with E-state index >= 15 is 0 Å². The molecule has 0 aliphatic rings. The van der Waals surface area contributed by atoms with E-state index in [0.29, 0.717) is 12.0 Å². The van der Waals surface area contributed by atoms with Gasteiger partial charge in [-0.15, -0.1) is 10.2 Å². The van der Waals surface area contributed by atoms with E-state index in [1.165, 1.54) is 17.4 Å². The SMILES string of the molecule is CSc1nnc(Cc2ccccc2F)s1. The zero-order chi connectivity index (χ0) is 10.7. The summed E-state index contributed by atoms with van der Waals surface area (Å²) in [6, 6.07) is 6.75. The average molecular weight is 240 g/mol. The number of benzene rings is 1. The summed E-state index contributed by atoms with van der Waals surface area (Å²) in [6.45, 7) is 0. The van der Waals surface area contributed by atoms with E-state index in [1.54, 1.807) is 23.9 Å². The van der Waals surface area contributed by atoms with Crippen molar-refractivity contribution in [3.8, 4) is 0 Å². The second-order valence-corrected chi connectivity index (χ2v) is 5.05. The number of thioether (sulfide) groups is 1. The van der Waals surface area contributed by atoms with Gasteiger partial charge in [0, 0.05) is 6.42 Å². The minimum Gasteiger partial charge on any atom is -0.207 e. The van der Waals surface area contributed by atoms with Gasteiger partial charge in [0.05, 0.1) is 0 Å². The minimum absolute atomic E-state index is 0.182. The summed E-state index contributed by atoms with van der Waals surface area (Å²) in [5.74, 6) is -0.182. The molecule has 0 fully saturated rings. The number of hydrogen-bond acceptors (Lipinski definition) is 4. The number of nitrogens with zero attached hydrogens (tertiary/aromatic N) is 2. The quantitative estimate of drug-likeness (QED) is 0.771. The van der Waals surface area contributed by atoms with Gasteiger partial charge in [0.1, 0.15) is 10.8 Å². The molecule has 0 N–H and O–H groups in total. The molecular formula is C10H9FN2S2. The van der Waals surface area contributed by atoms with Crippen molar-refractivity contribution in [2.75, 3.05) is 6.26 Å². The predicted octanol–water partition coefficient (Wildman–Crippen LogP) is 2.99. The second-order valence-electron chi connectivity index (χ2n) is 2.93. The molecule has 5 heteroatoms. The van der Waals surface area contributed by atoms with E-state index < -0.39 is 0 Å². The van der Waals surface area contributed by atoms with Crippen LogP contribution in [0.1, 0.15) is 10.6 Å². The molecule has 1 heterocycles. The molecule has 0 spiro atoms. The summed E-state index contributed by atoms with van der Waals surface area (Å²) in [5.41, 5.74) is 0.668. The maximum Gasteiger partial charge on any atom is 0.174 e. The lowest BCUT2D eigenvalue weighted by atomic mass is 10.1. The lowest BCUT2D eigenvalue weighted by molar-refractivity contribution is 0.613. The van der Waals surface area contributed by atoms with Crippen LogP contribution in [0.25, 0.3) is 0 Å². The Morgan fingerprint density at radius 3 is 2.80 bits per heavy atom. The lowest BCUT2D eigenvalue weighted by Gasteiger charge is -1.98. The van der Waals surface area contributed by atoms with Crippen LogP contribution in [-0.2, 0) is 6.42 Å². The Labute approximate surface area is 95.6 Å². The van der Waals surface area contributed by atoms with Crippen LogP contribution in [0.3, 0.4) is 0 Å². The molecule has 2 nitrogen and oxygen atoms in total. The fraction of sp³-hybridized carbons (Fsp3) is 0.200. The van der Waals surface area contributed by atoms with E-state index in [4.69, 9.17) is 0 Å². The van der Waals surface area contributed by atoms with Crippen molar-refractivity contribution in [1.82, 2.24) is 10.2 Å². The largest absolute Gasteiger partial charge is 0.207 e. The molecule has 2 rings (SSSR count). The maximum atomic E-state index is 13.3. The van der Waals surface area contributed by atoms with Gasteiger partial charge in [0.25, 0.3) is 0 Å². The molecule has 2 aromatic rings. The van der Waals surface area contributed by atoms with Gasteiger partial charge >= 0.3 is 0 Å². The van der Waals surface area contributed by atoms with Crippen LogP contribution in [0, 0.1) is 5.82 Å². The van der Waals surface area contributed by atoms with Crippen LogP contribution in [0.5, 0.6) is 0 Å². The minimum atomic E-state index is -0.182. The van der Waals surface area contributed by atoms with Gasteiger partial charge in [0.2, 0.25) is 0 Å². The summed E-state index contributed by atoms with van der Waals surface area (Å²) in [5, 5.41) is 8.83. The highest BCUT2D eigenvalue weighted by Gasteiger charge is 2.07. The molecule has 0 saturated heterocycles. The number of halogens is 1. The summed E-state index contributed by atoms with van der Waals surface area (Å²) in [6.07, 6.45) is 2.47. The first-order chi connectivity index (χ1) is 7.29. The van der Waals surface area contributed by atoms with Gasteiger partial charge in [-0.3, -0.25) is 0 Å². The van der Waals surface area contributed by atoms with E-state index in [9.17, 15) is 4.39 Å².